The Labute approximate surface area is 239 Å². The fraction of sp³-hybridized carbons (Fsp3) is 0. The predicted molar refractivity (Wildman–Crippen MR) is 166 cm³/mol. The highest BCUT2D eigenvalue weighted by molar-refractivity contribution is 5.82. The Morgan fingerprint density at radius 1 is 0.366 bits per heavy atom. The molecule has 0 aliphatic carbocycles. The maximum absolute atomic E-state index is 11.0. The van der Waals surface area contributed by atoms with Gasteiger partial charge >= 0.3 is 0 Å². The van der Waals surface area contributed by atoms with Crippen LogP contribution < -0.4 is 4.90 Å². The lowest BCUT2D eigenvalue weighted by Crippen LogP contribution is -2.09. The van der Waals surface area contributed by atoms with Crippen molar-refractivity contribution in [2.45, 2.75) is 0 Å². The Kier molecular flexibility index (Phi) is 7.04. The zero-order chi connectivity index (χ0) is 28.2. The first kappa shape index (κ1) is 25.7. The third-order valence-electron chi connectivity index (χ3n) is 7.16. The van der Waals surface area contributed by atoms with Gasteiger partial charge < -0.3 is 15.1 Å². The summed E-state index contributed by atoms with van der Waals surface area (Å²) in [5.74, 6) is 0.492. The summed E-state index contributed by atoms with van der Waals surface area (Å²) in [6, 6.07) is 47.1. The van der Waals surface area contributed by atoms with Crippen LogP contribution in [-0.4, -0.2) is 16.5 Å². The summed E-state index contributed by atoms with van der Waals surface area (Å²) in [4.78, 5) is 13.3. The number of aldehydes is 1. The predicted octanol–water partition coefficient (Wildman–Crippen LogP) is 9.38. The van der Waals surface area contributed by atoms with Crippen LogP contribution in [0.5, 0.6) is 11.5 Å². The van der Waals surface area contributed by atoms with Gasteiger partial charge in [0.25, 0.3) is 0 Å². The second-order valence-corrected chi connectivity index (χ2v) is 9.81. The molecule has 0 saturated heterocycles. The Bertz CT molecular complexity index is 1670. The van der Waals surface area contributed by atoms with Crippen molar-refractivity contribution in [3.63, 3.8) is 0 Å². The molecule has 0 unspecified atom stereocenters. The largest absolute Gasteiger partial charge is 0.508 e. The van der Waals surface area contributed by atoms with Gasteiger partial charge in [-0.3, -0.25) is 4.79 Å². The summed E-state index contributed by atoms with van der Waals surface area (Å²) in [5, 5.41) is 19.3. The standard InChI is InChI=1S/C37H27NO3/c39-25-26-1-3-27(4-2-26)28-5-15-33(16-6-28)38(34-17-7-29(8-18-34)31-11-21-36(40)22-12-31)35-19-9-30(10-20-35)32-13-23-37(41)24-14-32/h1-25,40-41H. The molecule has 0 bridgehead atoms. The number of benzene rings is 6. The number of rotatable bonds is 7. The number of anilines is 3. The number of phenols is 2. The molecule has 0 amide bonds. The van der Waals surface area contributed by atoms with Crippen LogP contribution in [0.4, 0.5) is 17.1 Å². The molecule has 0 spiro atoms. The van der Waals surface area contributed by atoms with Crippen molar-refractivity contribution >= 4 is 23.3 Å². The van der Waals surface area contributed by atoms with Crippen LogP contribution in [0.2, 0.25) is 0 Å². The van der Waals surface area contributed by atoms with Crippen LogP contribution in [0.25, 0.3) is 33.4 Å². The van der Waals surface area contributed by atoms with Gasteiger partial charge in [-0.25, -0.2) is 0 Å². The summed E-state index contributed by atoms with van der Waals surface area (Å²) < 4.78 is 0. The van der Waals surface area contributed by atoms with Crippen molar-refractivity contribution in [3.05, 3.63) is 151 Å². The molecular weight excluding hydrogens is 506 g/mol. The molecule has 198 valence electrons. The second kappa shape index (κ2) is 11.2. The Morgan fingerprint density at radius 3 is 0.878 bits per heavy atom. The topological polar surface area (TPSA) is 60.8 Å². The first-order valence-corrected chi connectivity index (χ1v) is 13.3. The van der Waals surface area contributed by atoms with Gasteiger partial charge in [0.05, 0.1) is 0 Å². The van der Waals surface area contributed by atoms with E-state index in [4.69, 9.17) is 0 Å². The minimum absolute atomic E-state index is 0.246. The van der Waals surface area contributed by atoms with Crippen molar-refractivity contribution in [3.8, 4) is 44.9 Å². The number of phenolic OH excluding ortho intramolecular Hbond substituents is 2. The second-order valence-electron chi connectivity index (χ2n) is 9.81. The van der Waals surface area contributed by atoms with Gasteiger partial charge in [-0.1, -0.05) is 84.9 Å². The molecule has 0 atom stereocenters. The van der Waals surface area contributed by atoms with Crippen molar-refractivity contribution < 1.29 is 15.0 Å². The molecule has 6 aromatic rings. The minimum Gasteiger partial charge on any atom is -0.508 e. The van der Waals surface area contributed by atoms with Gasteiger partial charge in [0.15, 0.2) is 0 Å². The first-order valence-electron chi connectivity index (χ1n) is 13.3. The molecule has 0 heterocycles. The van der Waals surface area contributed by atoms with E-state index in [1.807, 2.05) is 48.5 Å². The van der Waals surface area contributed by atoms with Gasteiger partial charge in [-0.15, -0.1) is 0 Å². The molecule has 0 radical (unpaired) electrons. The summed E-state index contributed by atoms with van der Waals surface area (Å²) in [7, 11) is 0. The molecule has 0 aliphatic rings. The van der Waals surface area contributed by atoms with Crippen molar-refractivity contribution in [1.82, 2.24) is 0 Å². The van der Waals surface area contributed by atoms with E-state index in [-0.39, 0.29) is 11.5 Å². The van der Waals surface area contributed by atoms with Gasteiger partial charge in [-0.05, 0) is 94.0 Å². The lowest BCUT2D eigenvalue weighted by atomic mass is 10.0. The molecule has 0 saturated carbocycles. The fourth-order valence-corrected chi connectivity index (χ4v) is 4.92. The normalized spacial score (nSPS) is 10.7. The summed E-state index contributed by atoms with van der Waals surface area (Å²) in [6.45, 7) is 0. The monoisotopic (exact) mass is 533 g/mol. The third-order valence-corrected chi connectivity index (χ3v) is 7.16. The van der Waals surface area contributed by atoms with Crippen LogP contribution in [-0.2, 0) is 0 Å². The molecule has 0 aliphatic heterocycles. The quantitative estimate of drug-likeness (QED) is 0.201. The average Bonchev–Trinajstić information content (AvgIpc) is 3.03. The van der Waals surface area contributed by atoms with Crippen molar-refractivity contribution in [2.75, 3.05) is 4.90 Å². The number of aromatic hydroxyl groups is 2. The fourth-order valence-electron chi connectivity index (χ4n) is 4.92. The van der Waals surface area contributed by atoms with Crippen molar-refractivity contribution in [1.29, 1.82) is 0 Å². The summed E-state index contributed by atoms with van der Waals surface area (Å²) in [5.41, 5.74) is 9.97. The smallest absolute Gasteiger partial charge is 0.150 e. The van der Waals surface area contributed by atoms with E-state index in [0.29, 0.717) is 5.56 Å². The van der Waals surface area contributed by atoms with Crippen LogP contribution in [0.3, 0.4) is 0 Å². The molecule has 4 nitrogen and oxygen atoms in total. The number of carbonyl (C=O) groups is 1. The highest BCUT2D eigenvalue weighted by Gasteiger charge is 2.14. The molecular formula is C37H27NO3. The van der Waals surface area contributed by atoms with E-state index in [9.17, 15) is 15.0 Å². The van der Waals surface area contributed by atoms with Gasteiger partial charge in [0.2, 0.25) is 0 Å². The molecule has 41 heavy (non-hydrogen) atoms. The van der Waals surface area contributed by atoms with Crippen LogP contribution >= 0.6 is 0 Å². The van der Waals surface area contributed by atoms with E-state index in [1.165, 1.54) is 0 Å². The minimum atomic E-state index is 0.246. The Morgan fingerprint density at radius 2 is 0.610 bits per heavy atom. The molecule has 4 heteroatoms. The lowest BCUT2D eigenvalue weighted by Gasteiger charge is -2.26. The van der Waals surface area contributed by atoms with E-state index in [0.717, 1.165) is 56.7 Å². The Balaban J connectivity index is 1.36. The van der Waals surface area contributed by atoms with Gasteiger partial charge in [0, 0.05) is 22.6 Å². The number of hydrogen-bond acceptors (Lipinski definition) is 4. The van der Waals surface area contributed by atoms with E-state index >= 15 is 0 Å². The lowest BCUT2D eigenvalue weighted by molar-refractivity contribution is 0.112. The molecule has 0 fully saturated rings. The SMILES string of the molecule is O=Cc1ccc(-c2ccc(N(c3ccc(-c4ccc(O)cc4)cc3)c3ccc(-c4ccc(O)cc4)cc3)cc2)cc1. The maximum atomic E-state index is 11.0. The molecule has 2 N–H and O–H groups in total. The molecule has 6 rings (SSSR count). The van der Waals surface area contributed by atoms with E-state index < -0.39 is 0 Å². The van der Waals surface area contributed by atoms with Crippen LogP contribution in [0, 0.1) is 0 Å². The van der Waals surface area contributed by atoms with Crippen LogP contribution in [0.1, 0.15) is 10.4 Å². The number of carbonyl (C=O) groups excluding carboxylic acids is 1. The first-order chi connectivity index (χ1) is 20.1. The summed E-state index contributed by atoms with van der Waals surface area (Å²) in [6.07, 6.45) is 0.852. The molecule has 6 aromatic carbocycles. The van der Waals surface area contributed by atoms with Crippen molar-refractivity contribution in [2.24, 2.45) is 0 Å². The maximum Gasteiger partial charge on any atom is 0.150 e. The highest BCUT2D eigenvalue weighted by Crippen LogP contribution is 2.38. The zero-order valence-electron chi connectivity index (χ0n) is 22.2. The molecule has 0 aromatic heterocycles. The third kappa shape index (κ3) is 5.58. The van der Waals surface area contributed by atoms with Crippen LogP contribution in [0.15, 0.2) is 146 Å². The van der Waals surface area contributed by atoms with E-state index in [2.05, 4.69) is 77.7 Å². The van der Waals surface area contributed by atoms with E-state index in [1.54, 1.807) is 24.3 Å². The van der Waals surface area contributed by atoms with Gasteiger partial charge in [-0.2, -0.15) is 0 Å². The average molecular weight is 534 g/mol. The highest BCUT2D eigenvalue weighted by atomic mass is 16.3. The van der Waals surface area contributed by atoms with Gasteiger partial charge in [0.1, 0.15) is 17.8 Å². The number of nitrogens with zero attached hydrogens (tertiary/aromatic N) is 1. The summed E-state index contributed by atoms with van der Waals surface area (Å²) >= 11 is 0. The Hall–Kier alpha value is -5.61. The zero-order valence-corrected chi connectivity index (χ0v) is 22.2. The number of hydrogen-bond donors (Lipinski definition) is 2.